The predicted molar refractivity (Wildman–Crippen MR) is 142 cm³/mol. The zero-order chi connectivity index (χ0) is 25.1. The molecular formula is C28H28N6O2. The number of H-pyrrole nitrogens is 1. The molecule has 2 aromatic carbocycles. The van der Waals surface area contributed by atoms with E-state index in [0.29, 0.717) is 11.4 Å². The van der Waals surface area contributed by atoms with Crippen molar-refractivity contribution in [2.24, 2.45) is 0 Å². The van der Waals surface area contributed by atoms with Crippen LogP contribution < -0.4 is 15.5 Å². The lowest BCUT2D eigenvalue weighted by molar-refractivity contribution is -0.114. The van der Waals surface area contributed by atoms with Crippen LogP contribution in [0.5, 0.6) is 0 Å². The highest BCUT2D eigenvalue weighted by atomic mass is 16.2. The number of nitrogens with zero attached hydrogens (tertiary/aromatic N) is 3. The van der Waals surface area contributed by atoms with E-state index in [9.17, 15) is 9.59 Å². The number of pyridine rings is 1. The number of hydrogen-bond acceptors (Lipinski definition) is 5. The summed E-state index contributed by atoms with van der Waals surface area (Å²) in [6, 6.07) is 19.3. The monoisotopic (exact) mass is 480 g/mol. The van der Waals surface area contributed by atoms with Gasteiger partial charge in [-0.15, -0.1) is 0 Å². The summed E-state index contributed by atoms with van der Waals surface area (Å²) in [4.78, 5) is 31.0. The number of carbonyl (C=O) groups excluding carboxylic acids is 2. The van der Waals surface area contributed by atoms with Crippen molar-refractivity contribution < 1.29 is 9.59 Å². The van der Waals surface area contributed by atoms with Gasteiger partial charge >= 0.3 is 0 Å². The molecule has 0 saturated carbocycles. The van der Waals surface area contributed by atoms with E-state index in [2.05, 4.69) is 30.7 Å². The second-order valence-electron chi connectivity index (χ2n) is 9.01. The number of carbonyl (C=O) groups is 2. The van der Waals surface area contributed by atoms with Crippen LogP contribution in [0.1, 0.15) is 35.7 Å². The molecule has 0 spiro atoms. The number of aryl methyl sites for hydroxylation is 1. The maximum absolute atomic E-state index is 13.1. The molecule has 1 aliphatic heterocycles. The molecule has 2 aromatic heterocycles. The van der Waals surface area contributed by atoms with Crippen molar-refractivity contribution in [3.63, 3.8) is 0 Å². The SMILES string of the molecule is CC(=O)Nc1cc(-c2ccc(-c3cc(C(=O)Nc4ccnc(N5CCCC5)c4)ccc3C)cc2)[nH]n1. The average Bonchev–Trinajstić information content (AvgIpc) is 3.57. The molecule has 36 heavy (non-hydrogen) atoms. The first kappa shape index (κ1) is 23.3. The number of amides is 2. The van der Waals surface area contributed by atoms with Gasteiger partial charge in [0.25, 0.3) is 5.91 Å². The summed E-state index contributed by atoms with van der Waals surface area (Å²) >= 11 is 0. The number of benzene rings is 2. The van der Waals surface area contributed by atoms with Crippen molar-refractivity contribution in [3.05, 3.63) is 78.0 Å². The van der Waals surface area contributed by atoms with Crippen LogP contribution >= 0.6 is 0 Å². The minimum atomic E-state index is -0.168. The molecule has 3 N–H and O–H groups in total. The Morgan fingerprint density at radius 1 is 0.917 bits per heavy atom. The molecule has 0 unspecified atom stereocenters. The van der Waals surface area contributed by atoms with Crippen LogP contribution in [0.2, 0.25) is 0 Å². The van der Waals surface area contributed by atoms with Gasteiger partial charge in [-0.2, -0.15) is 5.10 Å². The smallest absolute Gasteiger partial charge is 0.255 e. The summed E-state index contributed by atoms with van der Waals surface area (Å²) in [6.07, 6.45) is 4.08. The van der Waals surface area contributed by atoms with E-state index in [0.717, 1.165) is 52.5 Å². The van der Waals surface area contributed by atoms with Gasteiger partial charge in [0.05, 0.1) is 5.69 Å². The minimum Gasteiger partial charge on any atom is -0.357 e. The van der Waals surface area contributed by atoms with Crippen LogP contribution in [0.4, 0.5) is 17.3 Å². The molecular weight excluding hydrogens is 452 g/mol. The van der Waals surface area contributed by atoms with Crippen LogP contribution in [-0.4, -0.2) is 40.1 Å². The molecule has 8 nitrogen and oxygen atoms in total. The van der Waals surface area contributed by atoms with Crippen LogP contribution in [0.15, 0.2) is 66.9 Å². The molecule has 0 radical (unpaired) electrons. The first-order chi connectivity index (χ1) is 17.5. The Balaban J connectivity index is 1.33. The van der Waals surface area contributed by atoms with Crippen molar-refractivity contribution in [2.75, 3.05) is 28.6 Å². The quantitative estimate of drug-likeness (QED) is 0.349. The molecule has 8 heteroatoms. The molecule has 1 fully saturated rings. The number of anilines is 3. The molecule has 4 aromatic rings. The Labute approximate surface area is 209 Å². The topological polar surface area (TPSA) is 103 Å². The van der Waals surface area contributed by atoms with Crippen molar-refractivity contribution in [1.82, 2.24) is 15.2 Å². The highest BCUT2D eigenvalue weighted by molar-refractivity contribution is 6.05. The first-order valence-corrected chi connectivity index (χ1v) is 12.0. The molecule has 1 saturated heterocycles. The summed E-state index contributed by atoms with van der Waals surface area (Å²) in [5.74, 6) is 1.06. The predicted octanol–water partition coefficient (Wildman–Crippen LogP) is 5.26. The normalized spacial score (nSPS) is 13.0. The van der Waals surface area contributed by atoms with E-state index in [1.54, 1.807) is 12.3 Å². The maximum atomic E-state index is 13.1. The Hall–Kier alpha value is -4.46. The Bertz CT molecular complexity index is 1400. The van der Waals surface area contributed by atoms with E-state index in [4.69, 9.17) is 0 Å². The third-order valence-electron chi connectivity index (χ3n) is 6.32. The lowest BCUT2D eigenvalue weighted by Crippen LogP contribution is -2.19. The van der Waals surface area contributed by atoms with Gasteiger partial charge in [0, 0.05) is 49.6 Å². The minimum absolute atomic E-state index is 0.158. The van der Waals surface area contributed by atoms with Gasteiger partial charge in [0.15, 0.2) is 5.82 Å². The van der Waals surface area contributed by atoms with E-state index < -0.39 is 0 Å². The van der Waals surface area contributed by atoms with Gasteiger partial charge in [-0.05, 0) is 60.2 Å². The standard InChI is InChI=1S/C28H28N6O2/c1-18-5-6-22(28(36)31-23-11-12-29-27(16-23)34-13-3-4-14-34)15-24(18)20-7-9-21(10-8-20)25-17-26(33-32-25)30-19(2)35/h5-12,15-17H,3-4,13-14H2,1-2H3,(H,29,31,36)(H2,30,32,33,35). The fourth-order valence-electron chi connectivity index (χ4n) is 4.44. The third kappa shape index (κ3) is 5.12. The highest BCUT2D eigenvalue weighted by Crippen LogP contribution is 2.29. The van der Waals surface area contributed by atoms with Gasteiger partial charge in [-0.25, -0.2) is 4.98 Å². The molecule has 1 aliphatic rings. The highest BCUT2D eigenvalue weighted by Gasteiger charge is 2.15. The van der Waals surface area contributed by atoms with Gasteiger partial charge in [0.1, 0.15) is 5.82 Å². The summed E-state index contributed by atoms with van der Waals surface area (Å²) in [7, 11) is 0. The van der Waals surface area contributed by atoms with Crippen LogP contribution in [0.3, 0.4) is 0 Å². The van der Waals surface area contributed by atoms with Crippen LogP contribution in [0, 0.1) is 6.92 Å². The number of aromatic nitrogens is 3. The Morgan fingerprint density at radius 2 is 1.67 bits per heavy atom. The fourth-order valence-corrected chi connectivity index (χ4v) is 4.44. The lowest BCUT2D eigenvalue weighted by Gasteiger charge is -2.17. The Kier molecular flexibility index (Phi) is 6.49. The zero-order valence-corrected chi connectivity index (χ0v) is 20.3. The zero-order valence-electron chi connectivity index (χ0n) is 20.3. The second kappa shape index (κ2) is 10.0. The van der Waals surface area contributed by atoms with Gasteiger partial charge < -0.3 is 15.5 Å². The second-order valence-corrected chi connectivity index (χ2v) is 9.01. The number of aromatic amines is 1. The third-order valence-corrected chi connectivity index (χ3v) is 6.32. The van der Waals surface area contributed by atoms with Crippen LogP contribution in [0.25, 0.3) is 22.4 Å². The summed E-state index contributed by atoms with van der Waals surface area (Å²) in [5, 5.41) is 12.7. The summed E-state index contributed by atoms with van der Waals surface area (Å²) in [6.45, 7) is 5.48. The number of nitrogens with one attached hydrogen (secondary N) is 3. The van der Waals surface area contributed by atoms with Crippen molar-refractivity contribution in [1.29, 1.82) is 0 Å². The lowest BCUT2D eigenvalue weighted by atomic mass is 9.96. The maximum Gasteiger partial charge on any atom is 0.255 e. The average molecular weight is 481 g/mol. The number of rotatable bonds is 6. The van der Waals surface area contributed by atoms with E-state index in [1.165, 1.54) is 19.8 Å². The largest absolute Gasteiger partial charge is 0.357 e. The first-order valence-electron chi connectivity index (χ1n) is 12.0. The van der Waals surface area contributed by atoms with Gasteiger partial charge in [-0.1, -0.05) is 30.3 Å². The fraction of sp³-hybridized carbons (Fsp3) is 0.214. The summed E-state index contributed by atoms with van der Waals surface area (Å²) in [5.41, 5.74) is 6.16. The van der Waals surface area contributed by atoms with E-state index >= 15 is 0 Å². The number of hydrogen-bond donors (Lipinski definition) is 3. The van der Waals surface area contributed by atoms with Crippen molar-refractivity contribution in [2.45, 2.75) is 26.7 Å². The molecule has 0 bridgehead atoms. The molecule has 0 aliphatic carbocycles. The molecule has 182 valence electrons. The van der Waals surface area contributed by atoms with E-state index in [1.807, 2.05) is 61.5 Å². The molecule has 5 rings (SSSR count). The summed E-state index contributed by atoms with van der Waals surface area (Å²) < 4.78 is 0. The molecule has 2 amide bonds. The molecule has 0 atom stereocenters. The molecule has 3 heterocycles. The van der Waals surface area contributed by atoms with Crippen molar-refractivity contribution in [3.8, 4) is 22.4 Å². The van der Waals surface area contributed by atoms with Gasteiger partial charge in [-0.3, -0.25) is 14.7 Å². The van der Waals surface area contributed by atoms with E-state index in [-0.39, 0.29) is 11.8 Å². The van der Waals surface area contributed by atoms with Gasteiger partial charge in [0.2, 0.25) is 5.91 Å². The Morgan fingerprint density at radius 3 is 2.42 bits per heavy atom. The van der Waals surface area contributed by atoms with Crippen molar-refractivity contribution >= 4 is 29.1 Å². The van der Waals surface area contributed by atoms with Crippen LogP contribution in [-0.2, 0) is 4.79 Å².